The molecule has 25 heavy (non-hydrogen) atoms. The summed E-state index contributed by atoms with van der Waals surface area (Å²) in [4.78, 5) is 12.1. The minimum atomic E-state index is -0.256. The quantitative estimate of drug-likeness (QED) is 0.837. The minimum Gasteiger partial charge on any atom is -0.489 e. The second kappa shape index (κ2) is 9.08. The van der Waals surface area contributed by atoms with Gasteiger partial charge in [-0.1, -0.05) is 42.5 Å². The molecule has 5 nitrogen and oxygen atoms in total. The third-order valence-electron chi connectivity index (χ3n) is 4.13. The summed E-state index contributed by atoms with van der Waals surface area (Å²) in [6.07, 6.45) is 3.45. The normalized spacial score (nSPS) is 16.9. The first-order chi connectivity index (χ1) is 12.3. The van der Waals surface area contributed by atoms with Crippen molar-refractivity contribution in [2.45, 2.75) is 31.9 Å². The molecule has 1 atom stereocenters. The predicted molar refractivity (Wildman–Crippen MR) is 97.8 cm³/mol. The van der Waals surface area contributed by atoms with Crippen LogP contribution in [0.15, 0.2) is 54.6 Å². The SMILES string of the molecule is O=C(NCc1ccccc1)Nc1ccccc1OCC1CCCCO1. The van der Waals surface area contributed by atoms with E-state index >= 15 is 0 Å². The van der Waals surface area contributed by atoms with Gasteiger partial charge in [0.15, 0.2) is 0 Å². The van der Waals surface area contributed by atoms with Crippen LogP contribution >= 0.6 is 0 Å². The van der Waals surface area contributed by atoms with Gasteiger partial charge in [-0.25, -0.2) is 4.79 Å². The van der Waals surface area contributed by atoms with Gasteiger partial charge in [-0.15, -0.1) is 0 Å². The number of amides is 2. The Labute approximate surface area is 148 Å². The molecule has 0 saturated carbocycles. The van der Waals surface area contributed by atoms with E-state index in [0.29, 0.717) is 24.6 Å². The van der Waals surface area contributed by atoms with E-state index in [9.17, 15) is 4.79 Å². The van der Waals surface area contributed by atoms with Crippen LogP contribution in [0.25, 0.3) is 0 Å². The van der Waals surface area contributed by atoms with Gasteiger partial charge in [0.1, 0.15) is 12.4 Å². The summed E-state index contributed by atoms with van der Waals surface area (Å²) in [5, 5.41) is 5.70. The van der Waals surface area contributed by atoms with E-state index in [2.05, 4.69) is 10.6 Å². The molecule has 2 aromatic carbocycles. The molecule has 3 rings (SSSR count). The molecule has 1 saturated heterocycles. The number of hydrogen-bond acceptors (Lipinski definition) is 3. The Morgan fingerprint density at radius 1 is 1.08 bits per heavy atom. The number of rotatable bonds is 6. The molecule has 0 aromatic heterocycles. The number of anilines is 1. The molecule has 0 radical (unpaired) electrons. The molecule has 1 fully saturated rings. The van der Waals surface area contributed by atoms with Crippen LogP contribution in [0.2, 0.25) is 0 Å². The first-order valence-electron chi connectivity index (χ1n) is 8.73. The highest BCUT2D eigenvalue weighted by molar-refractivity contribution is 5.90. The standard InChI is InChI=1S/C20H24N2O3/c23-20(21-14-16-8-2-1-3-9-16)22-18-11-4-5-12-19(18)25-15-17-10-6-7-13-24-17/h1-5,8-9,11-12,17H,6-7,10,13-15H2,(H2,21,22,23). The molecule has 0 spiro atoms. The van der Waals surface area contributed by atoms with Crippen molar-refractivity contribution in [3.8, 4) is 5.75 Å². The van der Waals surface area contributed by atoms with Gasteiger partial charge in [-0.05, 0) is 37.0 Å². The van der Waals surface area contributed by atoms with Gasteiger partial charge in [0.25, 0.3) is 0 Å². The third kappa shape index (κ3) is 5.50. The highest BCUT2D eigenvalue weighted by atomic mass is 16.5. The maximum Gasteiger partial charge on any atom is 0.319 e. The van der Waals surface area contributed by atoms with Gasteiger partial charge < -0.3 is 20.1 Å². The van der Waals surface area contributed by atoms with Crippen molar-refractivity contribution in [2.75, 3.05) is 18.5 Å². The van der Waals surface area contributed by atoms with Crippen LogP contribution in [0.1, 0.15) is 24.8 Å². The topological polar surface area (TPSA) is 59.6 Å². The summed E-state index contributed by atoms with van der Waals surface area (Å²) < 4.78 is 11.6. The zero-order valence-electron chi connectivity index (χ0n) is 14.2. The minimum absolute atomic E-state index is 0.133. The maximum atomic E-state index is 12.1. The fourth-order valence-corrected chi connectivity index (χ4v) is 2.76. The van der Waals surface area contributed by atoms with Gasteiger partial charge in [0, 0.05) is 13.2 Å². The van der Waals surface area contributed by atoms with Gasteiger partial charge in [0.05, 0.1) is 11.8 Å². The van der Waals surface area contributed by atoms with Crippen molar-refractivity contribution in [1.29, 1.82) is 0 Å². The lowest BCUT2D eigenvalue weighted by Gasteiger charge is -2.23. The van der Waals surface area contributed by atoms with E-state index in [-0.39, 0.29) is 12.1 Å². The van der Waals surface area contributed by atoms with Crippen LogP contribution in [0.4, 0.5) is 10.5 Å². The van der Waals surface area contributed by atoms with Crippen LogP contribution in [0.5, 0.6) is 5.75 Å². The zero-order valence-corrected chi connectivity index (χ0v) is 14.2. The summed E-state index contributed by atoms with van der Waals surface area (Å²) in [6.45, 7) is 1.78. The zero-order chi connectivity index (χ0) is 17.3. The Kier molecular flexibility index (Phi) is 6.29. The molecule has 2 amide bonds. The summed E-state index contributed by atoms with van der Waals surface area (Å²) in [6, 6.07) is 17.0. The van der Waals surface area contributed by atoms with Crippen LogP contribution in [-0.2, 0) is 11.3 Å². The molecule has 132 valence electrons. The molecule has 1 heterocycles. The van der Waals surface area contributed by atoms with Crippen molar-refractivity contribution in [1.82, 2.24) is 5.32 Å². The molecule has 2 N–H and O–H groups in total. The highest BCUT2D eigenvalue weighted by Crippen LogP contribution is 2.25. The van der Waals surface area contributed by atoms with Crippen molar-refractivity contribution < 1.29 is 14.3 Å². The number of carbonyl (C=O) groups is 1. The molecule has 1 unspecified atom stereocenters. The summed E-state index contributed by atoms with van der Waals surface area (Å²) in [5.41, 5.74) is 1.71. The van der Waals surface area contributed by atoms with Gasteiger partial charge in [-0.2, -0.15) is 0 Å². The highest BCUT2D eigenvalue weighted by Gasteiger charge is 2.15. The molecular formula is C20H24N2O3. The molecule has 0 aliphatic carbocycles. The predicted octanol–water partition coefficient (Wildman–Crippen LogP) is 3.96. The van der Waals surface area contributed by atoms with Crippen molar-refractivity contribution in [2.24, 2.45) is 0 Å². The first kappa shape index (κ1) is 17.3. The maximum absolute atomic E-state index is 12.1. The second-order valence-corrected chi connectivity index (χ2v) is 6.09. The number of hydrogen-bond donors (Lipinski definition) is 2. The second-order valence-electron chi connectivity index (χ2n) is 6.09. The number of para-hydroxylation sites is 2. The Bertz CT molecular complexity index is 670. The Morgan fingerprint density at radius 3 is 2.68 bits per heavy atom. The van der Waals surface area contributed by atoms with Gasteiger partial charge in [-0.3, -0.25) is 0 Å². The number of benzene rings is 2. The number of ether oxygens (including phenoxy) is 2. The molecule has 1 aliphatic rings. The van der Waals surface area contributed by atoms with Gasteiger partial charge in [0.2, 0.25) is 0 Å². The van der Waals surface area contributed by atoms with E-state index in [1.165, 1.54) is 6.42 Å². The Morgan fingerprint density at radius 2 is 1.88 bits per heavy atom. The molecule has 2 aromatic rings. The summed E-state index contributed by atoms with van der Waals surface area (Å²) >= 11 is 0. The fourth-order valence-electron chi connectivity index (χ4n) is 2.76. The van der Waals surface area contributed by atoms with E-state index in [1.54, 1.807) is 0 Å². The number of nitrogens with one attached hydrogen (secondary N) is 2. The van der Waals surface area contributed by atoms with E-state index < -0.39 is 0 Å². The monoisotopic (exact) mass is 340 g/mol. The lowest BCUT2D eigenvalue weighted by molar-refractivity contribution is -0.0109. The van der Waals surface area contributed by atoms with E-state index in [0.717, 1.165) is 25.0 Å². The largest absolute Gasteiger partial charge is 0.489 e. The number of urea groups is 1. The Balaban J connectivity index is 1.52. The fraction of sp³-hybridized carbons (Fsp3) is 0.350. The molecule has 1 aliphatic heterocycles. The summed E-state index contributed by atoms with van der Waals surface area (Å²) in [5.74, 6) is 0.659. The average molecular weight is 340 g/mol. The van der Waals surface area contributed by atoms with Crippen LogP contribution in [0.3, 0.4) is 0 Å². The smallest absolute Gasteiger partial charge is 0.319 e. The first-order valence-corrected chi connectivity index (χ1v) is 8.73. The Hall–Kier alpha value is -2.53. The summed E-state index contributed by atoms with van der Waals surface area (Å²) in [7, 11) is 0. The number of carbonyl (C=O) groups excluding carboxylic acids is 1. The average Bonchev–Trinajstić information content (AvgIpc) is 2.67. The van der Waals surface area contributed by atoms with Crippen LogP contribution < -0.4 is 15.4 Å². The molecule has 5 heteroatoms. The van der Waals surface area contributed by atoms with Gasteiger partial charge >= 0.3 is 6.03 Å². The van der Waals surface area contributed by atoms with Crippen molar-refractivity contribution >= 4 is 11.7 Å². The van der Waals surface area contributed by atoms with Crippen LogP contribution in [0, 0.1) is 0 Å². The van der Waals surface area contributed by atoms with Crippen LogP contribution in [-0.4, -0.2) is 25.3 Å². The lowest BCUT2D eigenvalue weighted by atomic mass is 10.1. The molecular weight excluding hydrogens is 316 g/mol. The van der Waals surface area contributed by atoms with Crippen molar-refractivity contribution in [3.05, 3.63) is 60.2 Å². The van der Waals surface area contributed by atoms with Crippen molar-refractivity contribution in [3.63, 3.8) is 0 Å². The van der Waals surface area contributed by atoms with E-state index in [4.69, 9.17) is 9.47 Å². The third-order valence-corrected chi connectivity index (χ3v) is 4.13. The van der Waals surface area contributed by atoms with E-state index in [1.807, 2.05) is 54.6 Å². The lowest BCUT2D eigenvalue weighted by Crippen LogP contribution is -2.29. The molecule has 0 bridgehead atoms.